The van der Waals surface area contributed by atoms with Gasteiger partial charge >= 0.3 is 0 Å². The third-order valence-electron chi connectivity index (χ3n) is 5.48. The summed E-state index contributed by atoms with van der Waals surface area (Å²) in [5.74, 6) is 0. The molecule has 2 atom stereocenters. The Morgan fingerprint density at radius 1 is 1.19 bits per heavy atom. The van der Waals surface area contributed by atoms with Gasteiger partial charge in [0.2, 0.25) is 0 Å². The molecule has 4 rings (SSSR count). The molecule has 2 nitrogen and oxygen atoms in total. The largest absolute Gasteiger partial charge is 0.310 e. The molecular weight excluding hydrogens is 276 g/mol. The van der Waals surface area contributed by atoms with Crippen LogP contribution in [0.3, 0.4) is 0 Å². The lowest BCUT2D eigenvalue weighted by molar-refractivity contribution is 0.0483. The fourth-order valence-electron chi connectivity index (χ4n) is 4.21. The van der Waals surface area contributed by atoms with Crippen LogP contribution in [0.2, 0.25) is 0 Å². The van der Waals surface area contributed by atoms with Gasteiger partial charge in [-0.1, -0.05) is 24.6 Å². The van der Waals surface area contributed by atoms with Crippen LogP contribution >= 0.6 is 11.3 Å². The van der Waals surface area contributed by atoms with Crippen LogP contribution in [-0.4, -0.2) is 30.1 Å². The van der Waals surface area contributed by atoms with E-state index >= 15 is 0 Å². The topological polar surface area (TPSA) is 15.3 Å². The Bertz CT molecular complexity index is 606. The van der Waals surface area contributed by atoms with Crippen molar-refractivity contribution < 1.29 is 0 Å². The Balaban J connectivity index is 1.43. The summed E-state index contributed by atoms with van der Waals surface area (Å²) in [5.41, 5.74) is 1.47. The zero-order valence-electron chi connectivity index (χ0n) is 12.7. The lowest BCUT2D eigenvalue weighted by Crippen LogP contribution is -2.54. The van der Waals surface area contributed by atoms with E-state index in [1.165, 1.54) is 47.8 Å². The zero-order chi connectivity index (χ0) is 14.2. The van der Waals surface area contributed by atoms with E-state index in [1.807, 2.05) is 11.3 Å². The highest BCUT2D eigenvalue weighted by Crippen LogP contribution is 2.33. The highest BCUT2D eigenvalue weighted by molar-refractivity contribution is 7.17. The third kappa shape index (κ3) is 2.63. The smallest absolute Gasteiger partial charge is 0.0346 e. The van der Waals surface area contributed by atoms with E-state index in [1.54, 1.807) is 0 Å². The molecule has 2 aromatic rings. The average molecular weight is 300 g/mol. The number of fused-ring (bicyclic) bond motifs is 3. The standard InChI is InChI=1S/C18H24N2S/c1-20-15-5-4-6-16(20)10-14(9-15)19-11-13-12-21-18-8-3-2-7-17(13)18/h2-3,7-8,12,14-16,19H,4-6,9-11H2,1H3. The van der Waals surface area contributed by atoms with Crippen molar-refractivity contribution in [3.8, 4) is 0 Å². The van der Waals surface area contributed by atoms with Crippen molar-refractivity contribution in [1.29, 1.82) is 0 Å². The first-order chi connectivity index (χ1) is 10.3. The van der Waals surface area contributed by atoms with Crippen molar-refractivity contribution in [3.05, 3.63) is 35.2 Å². The van der Waals surface area contributed by atoms with Crippen molar-refractivity contribution in [1.82, 2.24) is 10.2 Å². The molecule has 2 unspecified atom stereocenters. The van der Waals surface area contributed by atoms with E-state index in [-0.39, 0.29) is 0 Å². The first-order valence-electron chi connectivity index (χ1n) is 8.21. The Hall–Kier alpha value is -0.900. The number of rotatable bonds is 3. The molecule has 2 aliphatic rings. The van der Waals surface area contributed by atoms with E-state index in [9.17, 15) is 0 Å². The molecule has 0 spiro atoms. The van der Waals surface area contributed by atoms with Gasteiger partial charge in [-0.05, 0) is 55.1 Å². The molecule has 0 aliphatic carbocycles. The predicted molar refractivity (Wildman–Crippen MR) is 90.9 cm³/mol. The van der Waals surface area contributed by atoms with Crippen LogP contribution in [-0.2, 0) is 6.54 Å². The molecule has 1 aromatic heterocycles. The Labute approximate surface area is 131 Å². The summed E-state index contributed by atoms with van der Waals surface area (Å²) in [6, 6.07) is 11.1. The van der Waals surface area contributed by atoms with Gasteiger partial charge in [0.25, 0.3) is 0 Å². The van der Waals surface area contributed by atoms with Crippen LogP contribution in [0.4, 0.5) is 0 Å². The molecule has 3 heterocycles. The van der Waals surface area contributed by atoms with Crippen molar-refractivity contribution in [2.24, 2.45) is 0 Å². The van der Waals surface area contributed by atoms with E-state index in [4.69, 9.17) is 0 Å². The molecule has 3 heteroatoms. The van der Waals surface area contributed by atoms with Crippen molar-refractivity contribution in [2.45, 2.75) is 56.8 Å². The number of thiophene rings is 1. The van der Waals surface area contributed by atoms with Gasteiger partial charge in [0.15, 0.2) is 0 Å². The van der Waals surface area contributed by atoms with Crippen LogP contribution in [0, 0.1) is 0 Å². The monoisotopic (exact) mass is 300 g/mol. The van der Waals surface area contributed by atoms with Gasteiger partial charge in [0.1, 0.15) is 0 Å². The van der Waals surface area contributed by atoms with Crippen LogP contribution < -0.4 is 5.32 Å². The lowest BCUT2D eigenvalue weighted by atomic mass is 9.82. The van der Waals surface area contributed by atoms with Gasteiger partial charge in [-0.2, -0.15) is 0 Å². The molecular formula is C18H24N2S. The number of benzene rings is 1. The fourth-order valence-corrected chi connectivity index (χ4v) is 5.17. The third-order valence-corrected chi connectivity index (χ3v) is 6.49. The Morgan fingerprint density at radius 3 is 2.76 bits per heavy atom. The summed E-state index contributed by atoms with van der Waals surface area (Å²) in [7, 11) is 2.33. The van der Waals surface area contributed by atoms with Gasteiger partial charge in [0.05, 0.1) is 0 Å². The Kier molecular flexibility index (Phi) is 3.74. The lowest BCUT2D eigenvalue weighted by Gasteiger charge is -2.47. The van der Waals surface area contributed by atoms with E-state index in [2.05, 4.69) is 46.9 Å². The number of piperidine rings is 2. The molecule has 21 heavy (non-hydrogen) atoms. The second-order valence-electron chi connectivity index (χ2n) is 6.71. The average Bonchev–Trinajstić information content (AvgIpc) is 2.89. The number of hydrogen-bond donors (Lipinski definition) is 1. The van der Waals surface area contributed by atoms with Crippen LogP contribution in [0.5, 0.6) is 0 Å². The summed E-state index contributed by atoms with van der Waals surface area (Å²) >= 11 is 1.87. The van der Waals surface area contributed by atoms with Crippen LogP contribution in [0.1, 0.15) is 37.7 Å². The van der Waals surface area contributed by atoms with Gasteiger partial charge < -0.3 is 10.2 Å². The first-order valence-corrected chi connectivity index (χ1v) is 9.09. The molecule has 1 N–H and O–H groups in total. The van der Waals surface area contributed by atoms with E-state index in [0.29, 0.717) is 6.04 Å². The highest BCUT2D eigenvalue weighted by atomic mass is 32.1. The molecule has 2 bridgehead atoms. The summed E-state index contributed by atoms with van der Waals surface area (Å²) < 4.78 is 1.41. The number of hydrogen-bond acceptors (Lipinski definition) is 3. The number of nitrogens with zero attached hydrogens (tertiary/aromatic N) is 1. The molecule has 112 valence electrons. The molecule has 0 saturated carbocycles. The summed E-state index contributed by atoms with van der Waals surface area (Å²) in [4.78, 5) is 2.64. The zero-order valence-corrected chi connectivity index (χ0v) is 13.5. The van der Waals surface area contributed by atoms with E-state index < -0.39 is 0 Å². The second kappa shape index (κ2) is 5.71. The normalized spacial score (nSPS) is 29.9. The minimum Gasteiger partial charge on any atom is -0.310 e. The maximum absolute atomic E-state index is 3.85. The van der Waals surface area contributed by atoms with Gasteiger partial charge in [-0.25, -0.2) is 0 Å². The molecule has 0 radical (unpaired) electrons. The van der Waals surface area contributed by atoms with Gasteiger partial charge in [0, 0.05) is 29.4 Å². The number of nitrogens with one attached hydrogen (secondary N) is 1. The molecule has 1 aromatic carbocycles. The van der Waals surface area contributed by atoms with Crippen LogP contribution in [0.25, 0.3) is 10.1 Å². The van der Waals surface area contributed by atoms with Gasteiger partial charge in [-0.15, -0.1) is 11.3 Å². The molecule has 2 saturated heterocycles. The summed E-state index contributed by atoms with van der Waals surface area (Å²) in [5, 5.41) is 7.61. The van der Waals surface area contributed by atoms with Crippen molar-refractivity contribution in [3.63, 3.8) is 0 Å². The quantitative estimate of drug-likeness (QED) is 0.921. The maximum Gasteiger partial charge on any atom is 0.0346 e. The summed E-state index contributed by atoms with van der Waals surface area (Å²) in [6.45, 7) is 1.03. The van der Waals surface area contributed by atoms with Crippen LogP contribution in [0.15, 0.2) is 29.6 Å². The maximum atomic E-state index is 3.85. The highest BCUT2D eigenvalue weighted by Gasteiger charge is 2.35. The summed E-state index contributed by atoms with van der Waals surface area (Å²) in [6.07, 6.45) is 6.88. The minimum atomic E-state index is 0.704. The van der Waals surface area contributed by atoms with E-state index in [0.717, 1.165) is 18.6 Å². The molecule has 2 fully saturated rings. The molecule has 2 aliphatic heterocycles. The second-order valence-corrected chi connectivity index (χ2v) is 7.62. The SMILES string of the molecule is CN1C2CCCC1CC(NCc1csc3ccccc13)C2. The first kappa shape index (κ1) is 13.7. The van der Waals surface area contributed by atoms with Gasteiger partial charge in [-0.3, -0.25) is 0 Å². The molecule has 0 amide bonds. The fraction of sp³-hybridized carbons (Fsp3) is 0.556. The van der Waals surface area contributed by atoms with Crippen molar-refractivity contribution in [2.75, 3.05) is 7.05 Å². The minimum absolute atomic E-state index is 0.704. The Morgan fingerprint density at radius 2 is 1.95 bits per heavy atom. The van der Waals surface area contributed by atoms with Crippen molar-refractivity contribution >= 4 is 21.4 Å². The predicted octanol–water partition coefficient (Wildman–Crippen LogP) is 4.01.